The smallest absolute Gasteiger partial charge is 0.270 e. The second-order valence-electron chi connectivity index (χ2n) is 8.76. The Labute approximate surface area is 193 Å². The van der Waals surface area contributed by atoms with Gasteiger partial charge in [0.15, 0.2) is 0 Å². The molecule has 174 valence electrons. The number of nitrogens with zero attached hydrogens (tertiary/aromatic N) is 5. The molecule has 1 saturated carbocycles. The first-order valence-electron chi connectivity index (χ1n) is 11.5. The zero-order valence-electron chi connectivity index (χ0n) is 19.4. The quantitative estimate of drug-likeness (QED) is 0.562. The van der Waals surface area contributed by atoms with Crippen molar-refractivity contribution in [1.82, 2.24) is 29.9 Å². The van der Waals surface area contributed by atoms with E-state index < -0.39 is 6.04 Å². The molecule has 1 aliphatic carbocycles. The van der Waals surface area contributed by atoms with Gasteiger partial charge in [0.05, 0.1) is 11.9 Å². The highest BCUT2D eigenvalue weighted by Crippen LogP contribution is 2.27. The predicted octanol–water partition coefficient (Wildman–Crippen LogP) is 3.23. The molecule has 0 saturated heterocycles. The van der Waals surface area contributed by atoms with Crippen molar-refractivity contribution in [1.29, 1.82) is 0 Å². The lowest BCUT2D eigenvalue weighted by Crippen LogP contribution is -2.49. The number of pyridine rings is 1. The summed E-state index contributed by atoms with van der Waals surface area (Å²) in [7, 11) is 3.60. The molecule has 2 N–H and O–H groups in total. The minimum Gasteiger partial charge on any atom is -0.339 e. The highest BCUT2D eigenvalue weighted by molar-refractivity contribution is 6.00. The predicted molar refractivity (Wildman–Crippen MR) is 125 cm³/mol. The Morgan fingerprint density at radius 2 is 1.76 bits per heavy atom. The number of carbonyl (C=O) groups excluding carboxylic acids is 2. The second-order valence-corrected chi connectivity index (χ2v) is 8.76. The Balaban J connectivity index is 1.52. The average molecular weight is 450 g/mol. The summed E-state index contributed by atoms with van der Waals surface area (Å²) < 4.78 is 3.32. The fraction of sp³-hybridized carbons (Fsp3) is 0.458. The maximum Gasteiger partial charge on any atom is 0.270 e. The van der Waals surface area contributed by atoms with Crippen molar-refractivity contribution in [2.45, 2.75) is 51.5 Å². The van der Waals surface area contributed by atoms with Crippen LogP contribution in [0.1, 0.15) is 54.6 Å². The number of nitrogens with one attached hydrogen (secondary N) is 2. The van der Waals surface area contributed by atoms with Gasteiger partial charge in [-0.25, -0.2) is 4.98 Å². The number of carbonyl (C=O) groups is 2. The van der Waals surface area contributed by atoms with Crippen LogP contribution in [0.5, 0.6) is 0 Å². The van der Waals surface area contributed by atoms with E-state index in [9.17, 15) is 9.59 Å². The molecule has 33 heavy (non-hydrogen) atoms. The van der Waals surface area contributed by atoms with Crippen LogP contribution in [0.2, 0.25) is 0 Å². The Bertz CT molecular complexity index is 1090. The van der Waals surface area contributed by atoms with Crippen LogP contribution < -0.4 is 10.6 Å². The molecule has 0 aromatic carbocycles. The van der Waals surface area contributed by atoms with Gasteiger partial charge in [-0.15, -0.1) is 0 Å². The number of aromatic nitrogens is 5. The normalized spacial score (nSPS) is 15.6. The molecular formula is C24H31N7O2. The molecule has 0 spiro atoms. The topological polar surface area (TPSA) is 107 Å². The number of hydrogen-bond donors (Lipinski definition) is 2. The van der Waals surface area contributed by atoms with Gasteiger partial charge in [-0.2, -0.15) is 10.2 Å². The van der Waals surface area contributed by atoms with E-state index in [-0.39, 0.29) is 17.7 Å². The summed E-state index contributed by atoms with van der Waals surface area (Å²) >= 11 is 0. The van der Waals surface area contributed by atoms with Crippen LogP contribution in [0, 0.1) is 12.8 Å². The molecule has 3 aromatic heterocycles. The first-order valence-corrected chi connectivity index (χ1v) is 11.5. The Morgan fingerprint density at radius 3 is 2.33 bits per heavy atom. The van der Waals surface area contributed by atoms with E-state index in [0.29, 0.717) is 11.5 Å². The standard InChI is InChI=1S/C24H31N7O2/c1-16-14-27-31(3)22(16)18-10-11-20(25-15-18)28-24(33)21(17-8-6-4-5-7-9-17)29-23(32)19-12-13-26-30(19)2/h10-15,17,21H,4-9H2,1-3H3,(H,29,32)(H,25,28,33). The number of rotatable bonds is 6. The van der Waals surface area contributed by atoms with E-state index in [4.69, 9.17) is 0 Å². The minimum atomic E-state index is -0.633. The summed E-state index contributed by atoms with van der Waals surface area (Å²) in [6.07, 6.45) is 11.4. The van der Waals surface area contributed by atoms with E-state index in [1.165, 1.54) is 4.68 Å². The SMILES string of the molecule is Cc1cnn(C)c1-c1ccc(NC(=O)C(NC(=O)c2ccnn2C)C2CCCCCC2)nc1. The monoisotopic (exact) mass is 449 g/mol. The number of amides is 2. The van der Waals surface area contributed by atoms with E-state index in [0.717, 1.165) is 55.3 Å². The highest BCUT2D eigenvalue weighted by atomic mass is 16.2. The molecule has 9 nitrogen and oxygen atoms in total. The molecule has 4 rings (SSSR count). The zero-order valence-corrected chi connectivity index (χ0v) is 19.4. The molecular weight excluding hydrogens is 418 g/mol. The van der Waals surface area contributed by atoms with E-state index in [1.54, 1.807) is 36.3 Å². The molecule has 0 radical (unpaired) electrons. The Morgan fingerprint density at radius 1 is 1.00 bits per heavy atom. The summed E-state index contributed by atoms with van der Waals surface area (Å²) in [5.41, 5.74) is 3.40. The lowest BCUT2D eigenvalue weighted by Gasteiger charge is -2.26. The molecule has 9 heteroatoms. The van der Waals surface area contributed by atoms with Crippen molar-refractivity contribution in [2.75, 3.05) is 5.32 Å². The van der Waals surface area contributed by atoms with Crippen molar-refractivity contribution in [2.24, 2.45) is 20.0 Å². The van der Waals surface area contributed by atoms with Crippen molar-refractivity contribution < 1.29 is 9.59 Å². The number of aryl methyl sites for hydroxylation is 3. The molecule has 1 unspecified atom stereocenters. The van der Waals surface area contributed by atoms with Gasteiger partial charge in [-0.1, -0.05) is 25.7 Å². The zero-order chi connectivity index (χ0) is 23.4. The molecule has 3 heterocycles. The first kappa shape index (κ1) is 22.7. The molecule has 2 amide bonds. The first-order chi connectivity index (χ1) is 15.9. The van der Waals surface area contributed by atoms with Crippen molar-refractivity contribution in [3.8, 4) is 11.3 Å². The van der Waals surface area contributed by atoms with Gasteiger partial charge in [0.2, 0.25) is 5.91 Å². The van der Waals surface area contributed by atoms with Crippen LogP contribution in [-0.4, -0.2) is 42.4 Å². The third kappa shape index (κ3) is 5.13. The van der Waals surface area contributed by atoms with Gasteiger partial charge >= 0.3 is 0 Å². The molecule has 1 atom stereocenters. The molecule has 1 fully saturated rings. The summed E-state index contributed by atoms with van der Waals surface area (Å²) in [5, 5.41) is 14.2. The van der Waals surface area contributed by atoms with Crippen LogP contribution in [0.3, 0.4) is 0 Å². The lowest BCUT2D eigenvalue weighted by molar-refractivity contribution is -0.119. The summed E-state index contributed by atoms with van der Waals surface area (Å²) in [6, 6.07) is 4.72. The average Bonchev–Trinajstić information content (AvgIpc) is 3.26. The number of hydrogen-bond acceptors (Lipinski definition) is 5. The second kappa shape index (κ2) is 9.97. The van der Waals surface area contributed by atoms with E-state index >= 15 is 0 Å². The van der Waals surface area contributed by atoms with E-state index in [2.05, 4.69) is 25.8 Å². The lowest BCUT2D eigenvalue weighted by atomic mass is 9.91. The van der Waals surface area contributed by atoms with Crippen LogP contribution in [0.15, 0.2) is 36.8 Å². The summed E-state index contributed by atoms with van der Waals surface area (Å²) in [6.45, 7) is 2.00. The Hall–Kier alpha value is -3.49. The van der Waals surface area contributed by atoms with Crippen LogP contribution in [0.4, 0.5) is 5.82 Å². The maximum absolute atomic E-state index is 13.3. The van der Waals surface area contributed by atoms with Gasteiger partial charge in [-0.05, 0) is 49.4 Å². The number of anilines is 1. The molecule has 1 aliphatic rings. The molecule has 3 aromatic rings. The largest absolute Gasteiger partial charge is 0.339 e. The molecule has 0 aliphatic heterocycles. The third-order valence-electron chi connectivity index (χ3n) is 6.40. The van der Waals surface area contributed by atoms with Gasteiger partial charge in [0, 0.05) is 32.1 Å². The van der Waals surface area contributed by atoms with E-state index in [1.807, 2.05) is 26.2 Å². The van der Waals surface area contributed by atoms with Crippen molar-refractivity contribution in [3.05, 3.63) is 48.0 Å². The molecule has 0 bridgehead atoms. The summed E-state index contributed by atoms with van der Waals surface area (Å²) in [5.74, 6) is 0.00166. The van der Waals surface area contributed by atoms with Crippen molar-refractivity contribution in [3.63, 3.8) is 0 Å². The van der Waals surface area contributed by atoms with Gasteiger partial charge < -0.3 is 10.6 Å². The van der Waals surface area contributed by atoms with Gasteiger partial charge in [-0.3, -0.25) is 19.0 Å². The van der Waals surface area contributed by atoms with Gasteiger partial charge in [0.25, 0.3) is 5.91 Å². The fourth-order valence-electron chi connectivity index (χ4n) is 4.63. The van der Waals surface area contributed by atoms with Crippen LogP contribution in [-0.2, 0) is 18.9 Å². The highest BCUT2D eigenvalue weighted by Gasteiger charge is 2.31. The maximum atomic E-state index is 13.3. The fourth-order valence-corrected chi connectivity index (χ4v) is 4.63. The van der Waals surface area contributed by atoms with Crippen LogP contribution >= 0.6 is 0 Å². The van der Waals surface area contributed by atoms with Crippen molar-refractivity contribution >= 4 is 17.6 Å². The summed E-state index contributed by atoms with van der Waals surface area (Å²) in [4.78, 5) is 30.7. The third-order valence-corrected chi connectivity index (χ3v) is 6.40. The van der Waals surface area contributed by atoms with Gasteiger partial charge in [0.1, 0.15) is 17.6 Å². The van der Waals surface area contributed by atoms with Crippen LogP contribution in [0.25, 0.3) is 11.3 Å². The minimum absolute atomic E-state index is 0.0843. The Kier molecular flexibility index (Phi) is 6.86.